The Morgan fingerprint density at radius 3 is 3.00 bits per heavy atom. The van der Waals surface area contributed by atoms with Crippen LogP contribution in [0, 0.1) is 11.7 Å². The second kappa shape index (κ2) is 5.33. The van der Waals surface area contributed by atoms with Gasteiger partial charge in [0.25, 0.3) is 0 Å². The van der Waals surface area contributed by atoms with Gasteiger partial charge < -0.3 is 9.80 Å². The average molecular weight is 251 g/mol. The van der Waals surface area contributed by atoms with Gasteiger partial charge in [-0.05, 0) is 13.0 Å². The van der Waals surface area contributed by atoms with Crippen molar-refractivity contribution in [3.8, 4) is 0 Å². The number of hydrogen-bond acceptors (Lipinski definition) is 3. The molecular formula is C13H18FN3O. The second-order valence-electron chi connectivity index (χ2n) is 4.71. The molecular weight excluding hydrogens is 233 g/mol. The Hall–Kier alpha value is -1.65. The van der Waals surface area contributed by atoms with E-state index in [-0.39, 0.29) is 17.6 Å². The van der Waals surface area contributed by atoms with Crippen molar-refractivity contribution in [1.82, 2.24) is 9.88 Å². The number of amides is 1. The number of halogens is 1. The van der Waals surface area contributed by atoms with E-state index >= 15 is 0 Å². The molecule has 1 atom stereocenters. The van der Waals surface area contributed by atoms with E-state index in [4.69, 9.17) is 0 Å². The van der Waals surface area contributed by atoms with Crippen LogP contribution >= 0.6 is 0 Å². The van der Waals surface area contributed by atoms with Crippen molar-refractivity contribution >= 4 is 11.6 Å². The molecule has 1 unspecified atom stereocenters. The molecule has 1 saturated heterocycles. The third-order valence-electron chi connectivity index (χ3n) is 3.37. The van der Waals surface area contributed by atoms with Gasteiger partial charge in [0.2, 0.25) is 5.91 Å². The summed E-state index contributed by atoms with van der Waals surface area (Å²) < 4.78 is 13.6. The number of hydrogen-bond donors (Lipinski definition) is 0. The predicted octanol–water partition coefficient (Wildman–Crippen LogP) is 1.53. The van der Waals surface area contributed by atoms with Crippen molar-refractivity contribution in [3.63, 3.8) is 0 Å². The van der Waals surface area contributed by atoms with Crippen LogP contribution in [0.15, 0.2) is 18.5 Å². The summed E-state index contributed by atoms with van der Waals surface area (Å²) in [6, 6.07) is 1.66. The maximum absolute atomic E-state index is 13.6. The van der Waals surface area contributed by atoms with Crippen LogP contribution in [0.3, 0.4) is 0 Å². The fourth-order valence-corrected chi connectivity index (χ4v) is 2.44. The Balaban J connectivity index is 1.99. The van der Waals surface area contributed by atoms with Crippen LogP contribution in [0.2, 0.25) is 0 Å². The van der Waals surface area contributed by atoms with Crippen LogP contribution in [0.4, 0.5) is 10.1 Å². The molecule has 4 nitrogen and oxygen atoms in total. The highest BCUT2D eigenvalue weighted by molar-refractivity contribution is 5.78. The molecule has 0 saturated carbocycles. The first-order valence-electron chi connectivity index (χ1n) is 6.20. The molecule has 0 radical (unpaired) electrons. The number of pyridine rings is 1. The maximum Gasteiger partial charge on any atom is 0.222 e. The van der Waals surface area contributed by atoms with E-state index in [9.17, 15) is 9.18 Å². The molecule has 1 aliphatic heterocycles. The normalized spacial score (nSPS) is 19.4. The summed E-state index contributed by atoms with van der Waals surface area (Å²) in [6.45, 7) is 4.19. The van der Waals surface area contributed by atoms with Crippen LogP contribution in [0.5, 0.6) is 0 Å². The van der Waals surface area contributed by atoms with Crippen LogP contribution in [-0.4, -0.2) is 42.5 Å². The fourth-order valence-electron chi connectivity index (χ4n) is 2.44. The quantitative estimate of drug-likeness (QED) is 0.814. The van der Waals surface area contributed by atoms with Crippen LogP contribution in [-0.2, 0) is 4.79 Å². The molecule has 98 valence electrons. The Kier molecular flexibility index (Phi) is 3.79. The molecule has 0 spiro atoms. The molecule has 1 aliphatic rings. The lowest BCUT2D eigenvalue weighted by atomic mass is 10.1. The fraction of sp³-hybridized carbons (Fsp3) is 0.538. The lowest BCUT2D eigenvalue weighted by Crippen LogP contribution is -2.29. The van der Waals surface area contributed by atoms with Gasteiger partial charge in [-0.3, -0.25) is 9.78 Å². The molecule has 0 N–H and O–H groups in total. The Labute approximate surface area is 106 Å². The number of carbonyl (C=O) groups is 1. The second-order valence-corrected chi connectivity index (χ2v) is 4.71. The molecule has 18 heavy (non-hydrogen) atoms. The van der Waals surface area contributed by atoms with Crippen LogP contribution < -0.4 is 4.90 Å². The van der Waals surface area contributed by atoms with Crippen LogP contribution in [0.1, 0.15) is 13.3 Å². The topological polar surface area (TPSA) is 36.4 Å². The summed E-state index contributed by atoms with van der Waals surface area (Å²) in [6.07, 6.45) is 3.35. The summed E-state index contributed by atoms with van der Waals surface area (Å²) in [5, 5.41) is 0. The van der Waals surface area contributed by atoms with Crippen LogP contribution in [0.25, 0.3) is 0 Å². The molecule has 5 heteroatoms. The van der Waals surface area contributed by atoms with E-state index in [2.05, 4.69) is 4.98 Å². The smallest absolute Gasteiger partial charge is 0.222 e. The van der Waals surface area contributed by atoms with E-state index in [0.717, 1.165) is 13.1 Å². The summed E-state index contributed by atoms with van der Waals surface area (Å²) in [5.74, 6) is 0.151. The molecule has 0 bridgehead atoms. The van der Waals surface area contributed by atoms with Gasteiger partial charge >= 0.3 is 0 Å². The van der Waals surface area contributed by atoms with E-state index in [1.165, 1.54) is 6.20 Å². The number of carbonyl (C=O) groups excluding carboxylic acids is 1. The molecule has 1 amide bonds. The predicted molar refractivity (Wildman–Crippen MR) is 67.8 cm³/mol. The number of aromatic nitrogens is 1. The molecule has 1 aromatic rings. The summed E-state index contributed by atoms with van der Waals surface area (Å²) in [5.41, 5.74) is 0.535. The third kappa shape index (κ3) is 2.60. The van der Waals surface area contributed by atoms with E-state index in [0.29, 0.717) is 18.7 Å². The molecule has 0 aliphatic carbocycles. The first-order valence-corrected chi connectivity index (χ1v) is 6.20. The van der Waals surface area contributed by atoms with E-state index < -0.39 is 0 Å². The van der Waals surface area contributed by atoms with Crippen molar-refractivity contribution in [3.05, 3.63) is 24.3 Å². The summed E-state index contributed by atoms with van der Waals surface area (Å²) in [4.78, 5) is 19.1. The minimum Gasteiger partial charge on any atom is -0.372 e. The van der Waals surface area contributed by atoms with Gasteiger partial charge in [-0.15, -0.1) is 0 Å². The zero-order valence-electron chi connectivity index (χ0n) is 10.8. The highest BCUT2D eigenvalue weighted by atomic mass is 19.1. The Bertz CT molecular complexity index is 438. The van der Waals surface area contributed by atoms with Gasteiger partial charge in [0.1, 0.15) is 0 Å². The van der Waals surface area contributed by atoms with Gasteiger partial charge in [0, 0.05) is 45.2 Å². The molecule has 2 heterocycles. The van der Waals surface area contributed by atoms with Crippen molar-refractivity contribution in [1.29, 1.82) is 0 Å². The minimum atomic E-state index is -0.323. The number of nitrogens with zero attached hydrogens (tertiary/aromatic N) is 3. The van der Waals surface area contributed by atoms with Crippen molar-refractivity contribution < 1.29 is 9.18 Å². The van der Waals surface area contributed by atoms with Crippen molar-refractivity contribution in [2.45, 2.75) is 13.3 Å². The first kappa shape index (κ1) is 12.8. The van der Waals surface area contributed by atoms with Gasteiger partial charge in [-0.25, -0.2) is 4.39 Å². The highest BCUT2D eigenvalue weighted by Gasteiger charge is 2.29. The van der Waals surface area contributed by atoms with Gasteiger partial charge in [0.05, 0.1) is 11.9 Å². The minimum absolute atomic E-state index is 0.200. The zero-order valence-corrected chi connectivity index (χ0v) is 10.8. The number of rotatable bonds is 4. The first-order chi connectivity index (χ1) is 8.61. The Morgan fingerprint density at radius 2 is 2.39 bits per heavy atom. The van der Waals surface area contributed by atoms with E-state index in [1.807, 2.05) is 23.8 Å². The highest BCUT2D eigenvalue weighted by Crippen LogP contribution is 2.22. The zero-order chi connectivity index (χ0) is 13.1. The number of likely N-dealkylation sites (tertiary alicyclic amines) is 1. The molecule has 0 aromatic carbocycles. The molecule has 1 aromatic heterocycles. The van der Waals surface area contributed by atoms with Gasteiger partial charge in [-0.1, -0.05) is 0 Å². The summed E-state index contributed by atoms with van der Waals surface area (Å²) >= 11 is 0. The SMILES string of the molecule is CCN1CC(CN(C)c2ccncc2F)CC1=O. The largest absolute Gasteiger partial charge is 0.372 e. The molecule has 1 fully saturated rings. The lowest BCUT2D eigenvalue weighted by molar-refractivity contribution is -0.127. The van der Waals surface area contributed by atoms with E-state index in [1.54, 1.807) is 12.3 Å². The maximum atomic E-state index is 13.6. The van der Waals surface area contributed by atoms with Gasteiger partial charge in [-0.2, -0.15) is 0 Å². The molecule has 2 rings (SSSR count). The number of anilines is 1. The van der Waals surface area contributed by atoms with Gasteiger partial charge in [0.15, 0.2) is 5.82 Å². The third-order valence-corrected chi connectivity index (χ3v) is 3.37. The van der Waals surface area contributed by atoms with Crippen molar-refractivity contribution in [2.24, 2.45) is 5.92 Å². The average Bonchev–Trinajstić information content (AvgIpc) is 2.69. The lowest BCUT2D eigenvalue weighted by Gasteiger charge is -2.23. The van der Waals surface area contributed by atoms with Crippen molar-refractivity contribution in [2.75, 3.05) is 31.6 Å². The monoisotopic (exact) mass is 251 g/mol. The summed E-state index contributed by atoms with van der Waals surface area (Å²) in [7, 11) is 1.84. The Morgan fingerprint density at radius 1 is 1.61 bits per heavy atom. The standard InChI is InChI=1S/C13H18FN3O/c1-3-17-9-10(6-13(17)18)8-16(2)12-4-5-15-7-11(12)14/h4-5,7,10H,3,6,8-9H2,1-2H3.